The number of alkyl halides is 2. The lowest BCUT2D eigenvalue weighted by Gasteiger charge is -2.46. The number of aromatic amines is 1. The number of nitrogens with zero attached hydrogens (tertiary/aromatic N) is 5. The highest BCUT2D eigenvalue weighted by Crippen LogP contribution is 2.38. The van der Waals surface area contributed by atoms with E-state index in [1.165, 1.54) is 12.4 Å². The maximum Gasteiger partial charge on any atom is 0.394 e. The number of aliphatic hydroxyl groups excluding tert-OH is 2. The molecular formula is C29H37F2N7O4. The Morgan fingerprint density at radius 2 is 2.00 bits per heavy atom. The number of hydrogen-bond donors (Lipinski definition) is 4. The Bertz CT molecular complexity index is 1550. The van der Waals surface area contributed by atoms with Crippen molar-refractivity contribution in [2.24, 2.45) is 5.92 Å². The largest absolute Gasteiger partial charge is 0.433 e. The van der Waals surface area contributed by atoms with Crippen LogP contribution in [-0.4, -0.2) is 82.7 Å². The molecule has 4 aromatic rings. The first-order valence-corrected chi connectivity index (χ1v) is 14.4. The van der Waals surface area contributed by atoms with Gasteiger partial charge in [0.05, 0.1) is 16.4 Å². The molecule has 4 atom stereocenters. The summed E-state index contributed by atoms with van der Waals surface area (Å²) in [6.07, 6.45) is 0.0717. The van der Waals surface area contributed by atoms with Gasteiger partial charge in [0.1, 0.15) is 47.7 Å². The van der Waals surface area contributed by atoms with Gasteiger partial charge in [-0.05, 0) is 57.2 Å². The van der Waals surface area contributed by atoms with E-state index in [1.807, 2.05) is 0 Å². The number of nitrogen functional groups attached to an aromatic ring is 1. The highest BCUT2D eigenvalue weighted by atomic mass is 19.3. The molecule has 226 valence electrons. The second-order valence-electron chi connectivity index (χ2n) is 11.9. The minimum atomic E-state index is -3.24. The van der Waals surface area contributed by atoms with Crippen LogP contribution in [0.5, 0.6) is 5.75 Å². The molecule has 1 saturated carbocycles. The smallest absolute Gasteiger partial charge is 0.394 e. The van der Waals surface area contributed by atoms with Crippen LogP contribution in [0.2, 0.25) is 0 Å². The standard InChI is InChI=1S/C29H37F2N7O4/c1-15(2)38(13-22-24(39)25(40)28(41-22)37-9-8-19-26(32)33-14-34-27(19)37)17-10-16(11-17)4-7-23-35-20-6-5-18(12-21(20)36-23)42-29(3,30)31/h5-6,8-9,12,14-17,22,24-25,28,39-40H,4,7,10-11,13H2,1-3H3,(H,35,36)(H2,32,33,34)/t16?,17?,22-,24-,25-,28-/m1/s1. The van der Waals surface area contributed by atoms with Crippen LogP contribution >= 0.6 is 0 Å². The van der Waals surface area contributed by atoms with Gasteiger partial charge >= 0.3 is 6.11 Å². The van der Waals surface area contributed by atoms with Crippen molar-refractivity contribution in [1.82, 2.24) is 29.4 Å². The third-order valence-electron chi connectivity index (χ3n) is 8.47. The lowest BCUT2D eigenvalue weighted by molar-refractivity contribution is -0.158. The van der Waals surface area contributed by atoms with E-state index in [2.05, 4.69) is 43.4 Å². The van der Waals surface area contributed by atoms with Crippen LogP contribution in [0, 0.1) is 5.92 Å². The summed E-state index contributed by atoms with van der Waals surface area (Å²) >= 11 is 0. The third-order valence-corrected chi connectivity index (χ3v) is 8.47. The zero-order valence-electron chi connectivity index (χ0n) is 23.8. The van der Waals surface area contributed by atoms with Crippen LogP contribution in [0.3, 0.4) is 0 Å². The molecule has 0 bridgehead atoms. The number of H-pyrrole nitrogens is 1. The van der Waals surface area contributed by atoms with Crippen LogP contribution in [0.1, 0.15) is 52.1 Å². The summed E-state index contributed by atoms with van der Waals surface area (Å²) in [6.45, 7) is 5.46. The van der Waals surface area contributed by atoms with Gasteiger partial charge in [-0.2, -0.15) is 8.78 Å². The lowest BCUT2D eigenvalue weighted by Crippen LogP contribution is -2.52. The van der Waals surface area contributed by atoms with Gasteiger partial charge in [-0.25, -0.2) is 15.0 Å². The molecule has 1 aliphatic carbocycles. The average molecular weight is 586 g/mol. The molecule has 0 spiro atoms. The molecule has 4 heterocycles. The molecule has 0 unspecified atom stereocenters. The molecule has 2 fully saturated rings. The molecule has 2 aliphatic rings. The predicted molar refractivity (Wildman–Crippen MR) is 152 cm³/mol. The summed E-state index contributed by atoms with van der Waals surface area (Å²) in [7, 11) is 0. The fourth-order valence-electron chi connectivity index (χ4n) is 6.27. The third kappa shape index (κ3) is 5.65. The Hall–Kier alpha value is -3.39. The molecule has 1 aliphatic heterocycles. The van der Waals surface area contributed by atoms with Crippen LogP contribution in [-0.2, 0) is 11.2 Å². The number of nitrogens with two attached hydrogens (primary N) is 1. The number of hydrogen-bond acceptors (Lipinski definition) is 9. The molecular weight excluding hydrogens is 548 g/mol. The number of benzene rings is 1. The van der Waals surface area contributed by atoms with Crippen molar-refractivity contribution >= 4 is 27.9 Å². The Balaban J connectivity index is 1.04. The van der Waals surface area contributed by atoms with Gasteiger partial charge in [0.15, 0.2) is 6.23 Å². The maximum absolute atomic E-state index is 13.2. The predicted octanol–water partition coefficient (Wildman–Crippen LogP) is 3.62. The van der Waals surface area contributed by atoms with Gasteiger partial charge in [-0.1, -0.05) is 0 Å². The minimum Gasteiger partial charge on any atom is -0.433 e. The number of aryl methyl sites for hydroxylation is 1. The van der Waals surface area contributed by atoms with Crippen LogP contribution in [0.4, 0.5) is 14.6 Å². The monoisotopic (exact) mass is 585 g/mol. The summed E-state index contributed by atoms with van der Waals surface area (Å²) < 4.78 is 39.0. The number of halogens is 2. The second kappa shape index (κ2) is 11.0. The lowest BCUT2D eigenvalue weighted by atomic mass is 9.76. The molecule has 1 aromatic carbocycles. The summed E-state index contributed by atoms with van der Waals surface area (Å²) in [6, 6.07) is 7.07. The Morgan fingerprint density at radius 3 is 2.74 bits per heavy atom. The molecule has 42 heavy (non-hydrogen) atoms. The number of ether oxygens (including phenoxy) is 2. The molecule has 5 N–H and O–H groups in total. The van der Waals surface area contributed by atoms with Crippen molar-refractivity contribution in [1.29, 1.82) is 0 Å². The molecule has 11 nitrogen and oxygen atoms in total. The number of fused-ring (bicyclic) bond motifs is 2. The topological polar surface area (TPSA) is 148 Å². The van der Waals surface area contributed by atoms with Gasteiger partial charge in [0.2, 0.25) is 0 Å². The van der Waals surface area contributed by atoms with Crippen molar-refractivity contribution in [3.8, 4) is 5.75 Å². The Morgan fingerprint density at radius 1 is 1.21 bits per heavy atom. The Kier molecular flexibility index (Phi) is 7.54. The summed E-state index contributed by atoms with van der Waals surface area (Å²) in [5, 5.41) is 22.5. The zero-order chi connectivity index (χ0) is 29.8. The Labute approximate surface area is 241 Å². The van der Waals surface area contributed by atoms with Gasteiger partial charge < -0.3 is 35.0 Å². The molecule has 0 radical (unpaired) electrons. The van der Waals surface area contributed by atoms with E-state index in [0.717, 1.165) is 31.5 Å². The number of nitrogens with one attached hydrogen (secondary N) is 1. The normalized spacial score (nSPS) is 26.5. The maximum atomic E-state index is 13.2. The fraction of sp³-hybridized carbons (Fsp3) is 0.552. The van der Waals surface area contributed by atoms with E-state index in [-0.39, 0.29) is 11.8 Å². The molecule has 0 amide bonds. The SMILES string of the molecule is CC(C)N(C[C@H]1O[C@@H](n2ccc3c(N)ncnc32)[C@H](O)[C@@H]1O)C1CC(CCc2nc3ccc(OC(C)(F)F)cc3[nH]2)C1. The molecule has 1 saturated heterocycles. The van der Waals surface area contributed by atoms with Crippen molar-refractivity contribution in [3.05, 3.63) is 42.6 Å². The van der Waals surface area contributed by atoms with Gasteiger partial charge in [-0.3, -0.25) is 4.90 Å². The van der Waals surface area contributed by atoms with Crippen molar-refractivity contribution in [3.63, 3.8) is 0 Å². The number of aromatic nitrogens is 5. The highest BCUT2D eigenvalue weighted by molar-refractivity contribution is 5.86. The first-order valence-electron chi connectivity index (χ1n) is 14.4. The first kappa shape index (κ1) is 28.7. The molecule has 6 rings (SSSR count). The molecule has 13 heteroatoms. The van der Waals surface area contributed by atoms with Gasteiger partial charge in [0.25, 0.3) is 0 Å². The van der Waals surface area contributed by atoms with E-state index >= 15 is 0 Å². The van der Waals surface area contributed by atoms with Crippen molar-refractivity contribution in [2.45, 2.75) is 89.2 Å². The fourth-order valence-corrected chi connectivity index (χ4v) is 6.27. The number of aliphatic hydroxyl groups is 2. The summed E-state index contributed by atoms with van der Waals surface area (Å²) in [4.78, 5) is 18.5. The van der Waals surface area contributed by atoms with E-state index in [4.69, 9.17) is 10.5 Å². The number of rotatable bonds is 10. The van der Waals surface area contributed by atoms with Crippen molar-refractivity contribution < 1.29 is 28.5 Å². The van der Waals surface area contributed by atoms with Gasteiger partial charge in [-0.15, -0.1) is 0 Å². The van der Waals surface area contributed by atoms with E-state index < -0.39 is 30.6 Å². The summed E-state index contributed by atoms with van der Waals surface area (Å²) in [5.41, 5.74) is 7.89. The van der Waals surface area contributed by atoms with E-state index in [1.54, 1.807) is 29.0 Å². The zero-order valence-corrected chi connectivity index (χ0v) is 23.8. The van der Waals surface area contributed by atoms with E-state index in [9.17, 15) is 19.0 Å². The summed E-state index contributed by atoms with van der Waals surface area (Å²) in [5.74, 6) is 1.78. The quantitative estimate of drug-likeness (QED) is 0.219. The van der Waals surface area contributed by atoms with Crippen LogP contribution in [0.15, 0.2) is 36.8 Å². The molecule has 3 aromatic heterocycles. The average Bonchev–Trinajstić information content (AvgIpc) is 3.58. The van der Waals surface area contributed by atoms with Crippen LogP contribution in [0.25, 0.3) is 22.1 Å². The number of imidazole rings is 1. The van der Waals surface area contributed by atoms with Gasteiger partial charge in [0, 0.05) is 44.2 Å². The highest BCUT2D eigenvalue weighted by Gasteiger charge is 2.46. The van der Waals surface area contributed by atoms with Crippen LogP contribution < -0.4 is 10.5 Å². The first-order chi connectivity index (χ1) is 20.0. The van der Waals surface area contributed by atoms with Crippen molar-refractivity contribution in [2.75, 3.05) is 12.3 Å². The minimum absolute atomic E-state index is 0.0939. The van der Waals surface area contributed by atoms with E-state index in [0.29, 0.717) is 53.3 Å². The number of anilines is 1. The second-order valence-corrected chi connectivity index (χ2v) is 11.9.